The molecule has 7 nitrogen and oxygen atoms in total. The van der Waals surface area contributed by atoms with E-state index in [2.05, 4.69) is 5.32 Å². The van der Waals surface area contributed by atoms with E-state index in [1.807, 2.05) is 0 Å². The molecule has 0 fully saturated rings. The Morgan fingerprint density at radius 3 is 2.72 bits per heavy atom. The molecule has 0 saturated heterocycles. The number of nitrogens with one attached hydrogen (secondary N) is 1. The summed E-state index contributed by atoms with van der Waals surface area (Å²) in [7, 11) is 3.27. The highest BCUT2D eigenvalue weighted by Crippen LogP contribution is 2.25. The van der Waals surface area contributed by atoms with Gasteiger partial charge >= 0.3 is 0 Å². The van der Waals surface area contributed by atoms with Crippen LogP contribution in [0.1, 0.15) is 10.4 Å². The number of nitro benzene ring substituents is 1. The van der Waals surface area contributed by atoms with Gasteiger partial charge in [0.2, 0.25) is 0 Å². The molecule has 0 heterocycles. The van der Waals surface area contributed by atoms with Crippen LogP contribution in [0.5, 0.6) is 5.75 Å². The summed E-state index contributed by atoms with van der Waals surface area (Å²) in [6.07, 6.45) is 0. The first-order valence-corrected chi connectivity index (χ1v) is 7.90. The van der Waals surface area contributed by atoms with Gasteiger partial charge in [-0.05, 0) is 24.3 Å². The van der Waals surface area contributed by atoms with Crippen molar-refractivity contribution in [3.05, 3.63) is 63.2 Å². The molecule has 25 heavy (non-hydrogen) atoms. The first-order valence-electron chi connectivity index (χ1n) is 7.52. The van der Waals surface area contributed by atoms with Crippen molar-refractivity contribution >= 4 is 28.9 Å². The van der Waals surface area contributed by atoms with Crippen molar-refractivity contribution in [1.82, 2.24) is 5.32 Å². The molecule has 2 rings (SSSR count). The zero-order valence-corrected chi connectivity index (χ0v) is 14.6. The van der Waals surface area contributed by atoms with Crippen LogP contribution in [-0.2, 0) is 0 Å². The maximum absolute atomic E-state index is 12.0. The quantitative estimate of drug-likeness (QED) is 0.603. The number of carbonyl (C=O) groups excluding carboxylic acids is 1. The largest absolute Gasteiger partial charge is 0.492 e. The highest BCUT2D eigenvalue weighted by Gasteiger charge is 2.18. The second-order valence-electron chi connectivity index (χ2n) is 5.27. The molecular weight excluding hydrogens is 346 g/mol. The number of carbonyl (C=O) groups is 1. The average molecular weight is 364 g/mol. The van der Waals surface area contributed by atoms with E-state index in [4.69, 9.17) is 16.3 Å². The zero-order valence-electron chi connectivity index (χ0n) is 13.9. The summed E-state index contributed by atoms with van der Waals surface area (Å²) in [5, 5.41) is 14.0. The van der Waals surface area contributed by atoms with Crippen LogP contribution >= 0.6 is 11.6 Å². The van der Waals surface area contributed by atoms with Crippen LogP contribution in [0.4, 0.5) is 11.4 Å². The predicted molar refractivity (Wildman–Crippen MR) is 96.7 cm³/mol. The molecule has 0 bridgehead atoms. The molecule has 1 N–H and O–H groups in total. The Morgan fingerprint density at radius 1 is 1.32 bits per heavy atom. The van der Waals surface area contributed by atoms with Gasteiger partial charge < -0.3 is 15.0 Å². The zero-order chi connectivity index (χ0) is 18.4. The molecule has 0 saturated carbocycles. The number of amides is 1. The lowest BCUT2D eigenvalue weighted by Gasteiger charge is -2.22. The van der Waals surface area contributed by atoms with Crippen molar-refractivity contribution in [1.29, 1.82) is 0 Å². The van der Waals surface area contributed by atoms with E-state index in [0.29, 0.717) is 29.6 Å². The van der Waals surface area contributed by atoms with E-state index in [-0.39, 0.29) is 17.2 Å². The first kappa shape index (κ1) is 18.5. The number of non-ortho nitro benzene ring substituents is 1. The topological polar surface area (TPSA) is 84.7 Å². The summed E-state index contributed by atoms with van der Waals surface area (Å²) in [6.45, 7) is 0.843. The Kier molecular flexibility index (Phi) is 6.19. The van der Waals surface area contributed by atoms with E-state index in [0.717, 1.165) is 0 Å². The van der Waals surface area contributed by atoms with Gasteiger partial charge in [0.1, 0.15) is 12.4 Å². The van der Waals surface area contributed by atoms with Crippen molar-refractivity contribution in [2.24, 2.45) is 0 Å². The molecule has 0 aliphatic carbocycles. The third-order valence-corrected chi connectivity index (χ3v) is 3.80. The second kappa shape index (κ2) is 8.34. The molecular formula is C17H18ClN3O4. The molecule has 1 amide bonds. The molecule has 0 aliphatic heterocycles. The Bertz CT molecular complexity index is 782. The fourth-order valence-corrected chi connectivity index (χ4v) is 2.44. The van der Waals surface area contributed by atoms with Crippen LogP contribution in [0, 0.1) is 10.1 Å². The minimum absolute atomic E-state index is 0.133. The molecule has 0 aromatic heterocycles. The molecule has 0 radical (unpaired) electrons. The van der Waals surface area contributed by atoms with Crippen molar-refractivity contribution in [2.45, 2.75) is 0 Å². The van der Waals surface area contributed by atoms with Crippen LogP contribution in [0.15, 0.2) is 42.5 Å². The number of likely N-dealkylation sites (N-methyl/N-ethyl adjacent to an activating group) is 1. The third-order valence-electron chi connectivity index (χ3n) is 3.57. The SMILES string of the molecule is CNC(=O)c1cc([N+](=O)[O-])ccc1N(C)CCOc1cccc(Cl)c1. The van der Waals surface area contributed by atoms with Crippen LogP contribution in [0.25, 0.3) is 0 Å². The average Bonchev–Trinajstić information content (AvgIpc) is 2.60. The monoisotopic (exact) mass is 363 g/mol. The highest BCUT2D eigenvalue weighted by atomic mass is 35.5. The smallest absolute Gasteiger partial charge is 0.270 e. The first-order chi connectivity index (χ1) is 11.9. The maximum atomic E-state index is 12.0. The van der Waals surface area contributed by atoms with Gasteiger partial charge in [-0.1, -0.05) is 17.7 Å². The fourth-order valence-electron chi connectivity index (χ4n) is 2.26. The molecule has 8 heteroatoms. The Balaban J connectivity index is 2.10. The summed E-state index contributed by atoms with van der Waals surface area (Å²) in [6, 6.07) is 11.3. The molecule has 2 aromatic carbocycles. The number of halogens is 1. The molecule has 0 aliphatic rings. The number of benzene rings is 2. The van der Waals surface area contributed by atoms with Crippen LogP contribution in [-0.4, -0.2) is 38.1 Å². The van der Waals surface area contributed by atoms with Gasteiger partial charge in [-0.15, -0.1) is 0 Å². The van der Waals surface area contributed by atoms with Crippen molar-refractivity contribution in [3.63, 3.8) is 0 Å². The summed E-state index contributed by atoms with van der Waals surface area (Å²) in [5.41, 5.74) is 0.688. The van der Waals surface area contributed by atoms with Crippen LogP contribution in [0.2, 0.25) is 5.02 Å². The fraction of sp³-hybridized carbons (Fsp3) is 0.235. The Labute approximate surface area is 150 Å². The standard InChI is InChI=1S/C17H18ClN3O4/c1-19-17(22)15-11-13(21(23)24)6-7-16(15)20(2)8-9-25-14-5-3-4-12(18)10-14/h3-7,10-11H,8-9H2,1-2H3,(H,19,22). The summed E-state index contributed by atoms with van der Waals surface area (Å²) in [4.78, 5) is 24.2. The highest BCUT2D eigenvalue weighted by molar-refractivity contribution is 6.30. The number of nitro groups is 1. The Morgan fingerprint density at radius 2 is 2.08 bits per heavy atom. The minimum atomic E-state index is -0.529. The van der Waals surface area contributed by atoms with Crippen molar-refractivity contribution in [2.75, 3.05) is 32.1 Å². The molecule has 2 aromatic rings. The van der Waals surface area contributed by atoms with Gasteiger partial charge in [-0.25, -0.2) is 0 Å². The maximum Gasteiger partial charge on any atom is 0.270 e. The lowest BCUT2D eigenvalue weighted by molar-refractivity contribution is -0.384. The predicted octanol–water partition coefficient (Wildman–Crippen LogP) is 3.12. The number of rotatable bonds is 7. The number of hydrogen-bond acceptors (Lipinski definition) is 5. The number of nitrogens with zero attached hydrogens (tertiary/aromatic N) is 2. The molecule has 0 unspecified atom stereocenters. The molecule has 0 spiro atoms. The Hall–Kier alpha value is -2.80. The van der Waals surface area contributed by atoms with E-state index in [9.17, 15) is 14.9 Å². The van der Waals surface area contributed by atoms with E-state index in [1.54, 1.807) is 42.3 Å². The molecule has 132 valence electrons. The number of ether oxygens (including phenoxy) is 1. The van der Waals surface area contributed by atoms with Crippen molar-refractivity contribution in [3.8, 4) is 5.75 Å². The lowest BCUT2D eigenvalue weighted by Crippen LogP contribution is -2.28. The van der Waals surface area contributed by atoms with Gasteiger partial charge in [0.05, 0.1) is 17.0 Å². The van der Waals surface area contributed by atoms with E-state index < -0.39 is 4.92 Å². The van der Waals surface area contributed by atoms with Gasteiger partial charge in [-0.2, -0.15) is 0 Å². The minimum Gasteiger partial charge on any atom is -0.492 e. The van der Waals surface area contributed by atoms with Gasteiger partial charge in [0.25, 0.3) is 11.6 Å². The summed E-state index contributed by atoms with van der Waals surface area (Å²) in [5.74, 6) is 0.262. The normalized spacial score (nSPS) is 10.2. The van der Waals surface area contributed by atoms with Gasteiger partial charge in [-0.3, -0.25) is 14.9 Å². The second-order valence-corrected chi connectivity index (χ2v) is 5.70. The number of hydrogen-bond donors (Lipinski definition) is 1. The van der Waals surface area contributed by atoms with E-state index >= 15 is 0 Å². The van der Waals surface area contributed by atoms with Crippen LogP contribution in [0.3, 0.4) is 0 Å². The number of anilines is 1. The van der Waals surface area contributed by atoms with E-state index in [1.165, 1.54) is 19.2 Å². The van der Waals surface area contributed by atoms with Gasteiger partial charge in [0, 0.05) is 36.9 Å². The van der Waals surface area contributed by atoms with Crippen molar-refractivity contribution < 1.29 is 14.5 Å². The van der Waals surface area contributed by atoms with Crippen LogP contribution < -0.4 is 15.0 Å². The third kappa shape index (κ3) is 4.84. The summed E-state index contributed by atoms with van der Waals surface area (Å²) >= 11 is 5.90. The lowest BCUT2D eigenvalue weighted by atomic mass is 10.1. The van der Waals surface area contributed by atoms with Gasteiger partial charge in [0.15, 0.2) is 0 Å². The summed E-state index contributed by atoms with van der Waals surface area (Å²) < 4.78 is 5.63. The molecule has 0 atom stereocenters.